The number of hydrogen-bond donors (Lipinski definition) is 1. The molecule has 2 amide bonds. The molecular formula is C21H18FN3O2. The van der Waals surface area contributed by atoms with Crippen molar-refractivity contribution in [2.45, 2.75) is 6.54 Å². The van der Waals surface area contributed by atoms with Crippen LogP contribution in [0.3, 0.4) is 0 Å². The summed E-state index contributed by atoms with van der Waals surface area (Å²) in [5.41, 5.74) is 2.02. The van der Waals surface area contributed by atoms with Crippen LogP contribution in [0.1, 0.15) is 26.4 Å². The lowest BCUT2D eigenvalue weighted by molar-refractivity contribution is 0.0946. The van der Waals surface area contributed by atoms with E-state index in [0.717, 1.165) is 11.3 Å². The molecule has 3 rings (SSSR count). The predicted octanol–water partition coefficient (Wildman–Crippen LogP) is 3.43. The molecular weight excluding hydrogens is 345 g/mol. The highest BCUT2D eigenvalue weighted by Crippen LogP contribution is 2.15. The molecule has 0 aliphatic rings. The number of halogens is 1. The third-order valence-electron chi connectivity index (χ3n) is 4.05. The van der Waals surface area contributed by atoms with E-state index in [1.54, 1.807) is 25.2 Å². The van der Waals surface area contributed by atoms with E-state index in [4.69, 9.17) is 0 Å². The van der Waals surface area contributed by atoms with E-state index in [2.05, 4.69) is 10.3 Å². The molecule has 0 bridgehead atoms. The third-order valence-corrected chi connectivity index (χ3v) is 4.05. The van der Waals surface area contributed by atoms with Crippen LogP contribution in [0, 0.1) is 5.82 Å². The summed E-state index contributed by atoms with van der Waals surface area (Å²) < 4.78 is 12.9. The summed E-state index contributed by atoms with van der Waals surface area (Å²) in [6.07, 6.45) is 1.43. The number of rotatable bonds is 5. The molecule has 3 aromatic rings. The first-order valence-corrected chi connectivity index (χ1v) is 8.36. The van der Waals surface area contributed by atoms with Crippen LogP contribution in [0.4, 0.5) is 10.1 Å². The summed E-state index contributed by atoms with van der Waals surface area (Å²) in [4.78, 5) is 30.5. The zero-order valence-corrected chi connectivity index (χ0v) is 14.7. The third kappa shape index (κ3) is 4.55. The van der Waals surface area contributed by atoms with Crippen molar-refractivity contribution in [1.29, 1.82) is 0 Å². The van der Waals surface area contributed by atoms with Gasteiger partial charge in [-0.1, -0.05) is 30.3 Å². The Labute approximate surface area is 156 Å². The summed E-state index contributed by atoms with van der Waals surface area (Å²) in [7, 11) is 1.67. The summed E-state index contributed by atoms with van der Waals surface area (Å²) in [5.74, 6) is -0.979. The van der Waals surface area contributed by atoms with Gasteiger partial charge in [0.15, 0.2) is 0 Å². The van der Waals surface area contributed by atoms with Gasteiger partial charge in [-0.3, -0.25) is 14.6 Å². The first kappa shape index (κ1) is 18.3. The number of aromatic nitrogens is 1. The van der Waals surface area contributed by atoms with Gasteiger partial charge in [0.1, 0.15) is 11.5 Å². The van der Waals surface area contributed by atoms with Crippen LogP contribution in [0.5, 0.6) is 0 Å². The molecule has 2 aromatic carbocycles. The number of anilines is 1. The van der Waals surface area contributed by atoms with Gasteiger partial charge in [0.05, 0.1) is 0 Å². The Balaban J connectivity index is 1.70. The lowest BCUT2D eigenvalue weighted by Crippen LogP contribution is -2.28. The average molecular weight is 363 g/mol. The highest BCUT2D eigenvalue weighted by atomic mass is 19.1. The number of para-hydroxylation sites is 1. The van der Waals surface area contributed by atoms with Crippen LogP contribution in [-0.2, 0) is 6.54 Å². The van der Waals surface area contributed by atoms with Gasteiger partial charge in [0, 0.05) is 31.0 Å². The minimum atomic E-state index is -0.406. The van der Waals surface area contributed by atoms with Crippen molar-refractivity contribution in [3.63, 3.8) is 0 Å². The monoisotopic (exact) mass is 363 g/mol. The second-order valence-corrected chi connectivity index (χ2v) is 5.94. The van der Waals surface area contributed by atoms with Gasteiger partial charge in [-0.25, -0.2) is 4.39 Å². The van der Waals surface area contributed by atoms with Crippen LogP contribution in [0.2, 0.25) is 0 Å². The van der Waals surface area contributed by atoms with Gasteiger partial charge < -0.3 is 10.2 Å². The maximum Gasteiger partial charge on any atom is 0.270 e. The first-order chi connectivity index (χ1) is 13.0. The molecule has 6 heteroatoms. The van der Waals surface area contributed by atoms with Gasteiger partial charge in [0.25, 0.3) is 11.8 Å². The molecule has 1 aromatic heterocycles. The fourth-order valence-electron chi connectivity index (χ4n) is 2.53. The average Bonchev–Trinajstić information content (AvgIpc) is 2.72. The highest BCUT2D eigenvalue weighted by Gasteiger charge is 2.16. The second-order valence-electron chi connectivity index (χ2n) is 5.94. The fourth-order valence-corrected chi connectivity index (χ4v) is 2.53. The Hall–Kier alpha value is -3.54. The molecule has 27 heavy (non-hydrogen) atoms. The summed E-state index contributed by atoms with van der Waals surface area (Å²) in [6, 6.07) is 18.1. The van der Waals surface area contributed by atoms with E-state index in [0.29, 0.717) is 5.56 Å². The molecule has 1 heterocycles. The van der Waals surface area contributed by atoms with Gasteiger partial charge >= 0.3 is 0 Å². The van der Waals surface area contributed by atoms with Crippen molar-refractivity contribution >= 4 is 17.5 Å². The SMILES string of the molecule is CN(C(=O)c1ccnc(C(=O)NCc2ccc(F)cc2)c1)c1ccccc1. The van der Waals surface area contributed by atoms with E-state index in [1.165, 1.54) is 29.3 Å². The maximum atomic E-state index is 12.9. The van der Waals surface area contributed by atoms with E-state index >= 15 is 0 Å². The molecule has 5 nitrogen and oxygen atoms in total. The Morgan fingerprint density at radius 3 is 2.44 bits per heavy atom. The number of carbonyl (C=O) groups is 2. The molecule has 0 aliphatic carbocycles. The number of nitrogens with zero attached hydrogens (tertiary/aromatic N) is 2. The van der Waals surface area contributed by atoms with Gasteiger partial charge in [-0.05, 0) is 42.0 Å². The van der Waals surface area contributed by atoms with Crippen molar-refractivity contribution in [3.8, 4) is 0 Å². The number of carbonyl (C=O) groups excluding carboxylic acids is 2. The van der Waals surface area contributed by atoms with Crippen LogP contribution in [0.15, 0.2) is 72.9 Å². The van der Waals surface area contributed by atoms with Crippen molar-refractivity contribution in [2.75, 3.05) is 11.9 Å². The summed E-state index contributed by atoms with van der Waals surface area (Å²) in [6.45, 7) is 0.239. The first-order valence-electron chi connectivity index (χ1n) is 8.36. The van der Waals surface area contributed by atoms with Gasteiger partial charge in [-0.15, -0.1) is 0 Å². The Kier molecular flexibility index (Phi) is 5.56. The largest absolute Gasteiger partial charge is 0.347 e. The zero-order chi connectivity index (χ0) is 19.2. The molecule has 0 spiro atoms. The molecule has 0 atom stereocenters. The molecule has 0 unspecified atom stereocenters. The van der Waals surface area contributed by atoms with E-state index in [-0.39, 0.29) is 24.0 Å². The minimum absolute atomic E-state index is 0.143. The van der Waals surface area contributed by atoms with Crippen LogP contribution in [-0.4, -0.2) is 23.8 Å². The van der Waals surface area contributed by atoms with Crippen molar-refractivity contribution in [2.24, 2.45) is 0 Å². The topological polar surface area (TPSA) is 62.3 Å². The standard InChI is InChI=1S/C21H18FN3O2/c1-25(18-5-3-2-4-6-18)21(27)16-11-12-23-19(13-16)20(26)24-14-15-7-9-17(22)10-8-15/h2-13H,14H2,1H3,(H,24,26). The summed E-state index contributed by atoms with van der Waals surface area (Å²) in [5, 5.41) is 2.71. The maximum absolute atomic E-state index is 12.9. The van der Waals surface area contributed by atoms with Crippen molar-refractivity contribution < 1.29 is 14.0 Å². The fraction of sp³-hybridized carbons (Fsp3) is 0.0952. The number of pyridine rings is 1. The normalized spacial score (nSPS) is 10.3. The number of nitrogens with one attached hydrogen (secondary N) is 1. The Morgan fingerprint density at radius 2 is 1.74 bits per heavy atom. The van der Waals surface area contributed by atoms with Crippen LogP contribution < -0.4 is 10.2 Å². The van der Waals surface area contributed by atoms with Crippen LogP contribution in [0.25, 0.3) is 0 Å². The van der Waals surface area contributed by atoms with Crippen LogP contribution >= 0.6 is 0 Å². The van der Waals surface area contributed by atoms with Gasteiger partial charge in [-0.2, -0.15) is 0 Å². The molecule has 0 saturated carbocycles. The Bertz CT molecular complexity index is 943. The zero-order valence-electron chi connectivity index (χ0n) is 14.7. The molecule has 136 valence electrons. The molecule has 0 radical (unpaired) electrons. The molecule has 0 saturated heterocycles. The molecule has 0 fully saturated rings. The second kappa shape index (κ2) is 8.23. The number of benzene rings is 2. The van der Waals surface area contributed by atoms with Crippen molar-refractivity contribution in [1.82, 2.24) is 10.3 Å². The number of hydrogen-bond acceptors (Lipinski definition) is 3. The number of amides is 2. The van der Waals surface area contributed by atoms with E-state index < -0.39 is 5.91 Å². The van der Waals surface area contributed by atoms with Gasteiger partial charge in [0.2, 0.25) is 0 Å². The minimum Gasteiger partial charge on any atom is -0.347 e. The molecule has 0 aliphatic heterocycles. The lowest BCUT2D eigenvalue weighted by Gasteiger charge is -2.17. The quantitative estimate of drug-likeness (QED) is 0.755. The highest BCUT2D eigenvalue weighted by molar-refractivity contribution is 6.06. The Morgan fingerprint density at radius 1 is 1.04 bits per heavy atom. The van der Waals surface area contributed by atoms with E-state index in [9.17, 15) is 14.0 Å². The van der Waals surface area contributed by atoms with E-state index in [1.807, 2.05) is 30.3 Å². The van der Waals surface area contributed by atoms with Crippen molar-refractivity contribution in [3.05, 3.63) is 95.6 Å². The summed E-state index contributed by atoms with van der Waals surface area (Å²) >= 11 is 0. The predicted molar refractivity (Wildman–Crippen MR) is 101 cm³/mol. The molecule has 1 N–H and O–H groups in total. The smallest absolute Gasteiger partial charge is 0.270 e. The lowest BCUT2D eigenvalue weighted by atomic mass is 10.1.